The number of carbonyl (C=O) groups is 2. The Morgan fingerprint density at radius 1 is 1.08 bits per heavy atom. The molecule has 6 nitrogen and oxygen atoms in total. The summed E-state index contributed by atoms with van der Waals surface area (Å²) in [5.74, 6) is -0.736. The minimum atomic E-state index is -0.390. The SMILES string of the molecule is O=C(Nc1nc(C(=O)NCc2ccccn2)cs1)c1ccc(Cl)c(Cl)c1. The summed E-state index contributed by atoms with van der Waals surface area (Å²) in [6.45, 7) is 0.294. The van der Waals surface area contributed by atoms with Crippen molar-refractivity contribution < 1.29 is 9.59 Å². The van der Waals surface area contributed by atoms with Gasteiger partial charge >= 0.3 is 0 Å². The van der Waals surface area contributed by atoms with Crippen LogP contribution in [0, 0.1) is 0 Å². The smallest absolute Gasteiger partial charge is 0.271 e. The molecular weight excluding hydrogens is 395 g/mol. The first-order valence-electron chi connectivity index (χ1n) is 7.43. The van der Waals surface area contributed by atoms with Crippen LogP contribution >= 0.6 is 34.5 Å². The number of benzene rings is 1. The van der Waals surface area contributed by atoms with E-state index in [2.05, 4.69) is 20.6 Å². The molecule has 0 atom stereocenters. The van der Waals surface area contributed by atoms with Crippen molar-refractivity contribution in [3.63, 3.8) is 0 Å². The highest BCUT2D eigenvalue weighted by molar-refractivity contribution is 7.14. The van der Waals surface area contributed by atoms with Crippen molar-refractivity contribution in [2.45, 2.75) is 6.54 Å². The summed E-state index contributed by atoms with van der Waals surface area (Å²) in [5.41, 5.74) is 1.30. The third-order valence-corrected chi connectivity index (χ3v) is 4.79. The molecule has 2 N–H and O–H groups in total. The highest BCUT2D eigenvalue weighted by Crippen LogP contribution is 2.23. The van der Waals surface area contributed by atoms with Gasteiger partial charge in [0.15, 0.2) is 5.13 Å². The third kappa shape index (κ3) is 4.57. The van der Waals surface area contributed by atoms with Crippen molar-refractivity contribution in [3.05, 3.63) is 75.0 Å². The average molecular weight is 407 g/mol. The number of halogens is 2. The molecule has 26 heavy (non-hydrogen) atoms. The van der Waals surface area contributed by atoms with Crippen molar-refractivity contribution in [2.75, 3.05) is 5.32 Å². The van der Waals surface area contributed by atoms with E-state index >= 15 is 0 Å². The Balaban J connectivity index is 1.61. The minimum absolute atomic E-state index is 0.218. The second-order valence-electron chi connectivity index (χ2n) is 5.12. The molecule has 0 bridgehead atoms. The van der Waals surface area contributed by atoms with Gasteiger partial charge in [-0.3, -0.25) is 19.9 Å². The molecule has 0 unspecified atom stereocenters. The van der Waals surface area contributed by atoms with Gasteiger partial charge < -0.3 is 5.32 Å². The van der Waals surface area contributed by atoms with Crippen LogP contribution in [0.1, 0.15) is 26.5 Å². The molecule has 0 saturated carbocycles. The predicted molar refractivity (Wildman–Crippen MR) is 102 cm³/mol. The van der Waals surface area contributed by atoms with E-state index in [1.54, 1.807) is 23.7 Å². The fraction of sp³-hybridized carbons (Fsp3) is 0.0588. The zero-order valence-corrected chi connectivity index (χ0v) is 15.5. The van der Waals surface area contributed by atoms with Crippen LogP contribution in [0.5, 0.6) is 0 Å². The van der Waals surface area contributed by atoms with Crippen molar-refractivity contribution >= 4 is 51.5 Å². The first kappa shape index (κ1) is 18.3. The van der Waals surface area contributed by atoms with Crippen molar-refractivity contribution in [2.24, 2.45) is 0 Å². The van der Waals surface area contributed by atoms with Crippen LogP contribution in [0.2, 0.25) is 10.0 Å². The molecule has 132 valence electrons. The van der Waals surface area contributed by atoms with Crippen LogP contribution in [-0.2, 0) is 6.54 Å². The van der Waals surface area contributed by atoms with Gasteiger partial charge in [-0.05, 0) is 30.3 Å². The number of nitrogens with zero attached hydrogens (tertiary/aromatic N) is 2. The summed E-state index contributed by atoms with van der Waals surface area (Å²) < 4.78 is 0. The summed E-state index contributed by atoms with van der Waals surface area (Å²) in [6, 6.07) is 10.0. The summed E-state index contributed by atoms with van der Waals surface area (Å²) in [5, 5.41) is 7.88. The van der Waals surface area contributed by atoms with Gasteiger partial charge in [-0.15, -0.1) is 11.3 Å². The number of carbonyl (C=O) groups excluding carboxylic acids is 2. The number of hydrogen-bond acceptors (Lipinski definition) is 5. The highest BCUT2D eigenvalue weighted by atomic mass is 35.5. The maximum atomic E-state index is 12.2. The number of anilines is 1. The fourth-order valence-corrected chi connectivity index (χ4v) is 2.99. The maximum Gasteiger partial charge on any atom is 0.271 e. The standard InChI is InChI=1S/C17H12Cl2N4O2S/c18-12-5-4-10(7-13(12)19)15(24)23-17-22-14(9-26-17)16(25)21-8-11-3-1-2-6-20-11/h1-7,9H,8H2,(H,21,25)(H,22,23,24). The number of rotatable bonds is 5. The molecule has 0 saturated heterocycles. The third-order valence-electron chi connectivity index (χ3n) is 3.30. The number of aromatic nitrogens is 2. The van der Waals surface area contributed by atoms with E-state index < -0.39 is 5.91 Å². The summed E-state index contributed by atoms with van der Waals surface area (Å²) >= 11 is 12.9. The van der Waals surface area contributed by atoms with E-state index in [-0.39, 0.29) is 16.6 Å². The maximum absolute atomic E-state index is 12.2. The molecule has 0 aliphatic carbocycles. The van der Waals surface area contributed by atoms with E-state index in [9.17, 15) is 9.59 Å². The van der Waals surface area contributed by atoms with Crippen LogP contribution in [0.4, 0.5) is 5.13 Å². The topological polar surface area (TPSA) is 84.0 Å². The van der Waals surface area contributed by atoms with Gasteiger partial charge in [0.2, 0.25) is 0 Å². The molecule has 2 heterocycles. The van der Waals surface area contributed by atoms with Crippen LogP contribution < -0.4 is 10.6 Å². The number of amides is 2. The van der Waals surface area contributed by atoms with Crippen LogP contribution in [-0.4, -0.2) is 21.8 Å². The van der Waals surface area contributed by atoms with Crippen molar-refractivity contribution in [3.8, 4) is 0 Å². The Hall–Kier alpha value is -2.48. The number of thiazole rings is 1. The molecule has 0 spiro atoms. The average Bonchev–Trinajstić information content (AvgIpc) is 3.11. The van der Waals surface area contributed by atoms with Crippen LogP contribution in [0.15, 0.2) is 48.0 Å². The highest BCUT2D eigenvalue weighted by Gasteiger charge is 2.14. The van der Waals surface area contributed by atoms with Crippen LogP contribution in [0.25, 0.3) is 0 Å². The zero-order chi connectivity index (χ0) is 18.5. The van der Waals surface area contributed by atoms with Gasteiger partial charge in [-0.1, -0.05) is 29.3 Å². The predicted octanol–water partition coefficient (Wildman–Crippen LogP) is 4.03. The van der Waals surface area contributed by atoms with Crippen molar-refractivity contribution in [1.29, 1.82) is 0 Å². The molecule has 9 heteroatoms. The molecule has 2 amide bonds. The molecule has 1 aromatic carbocycles. The Morgan fingerprint density at radius 2 is 1.92 bits per heavy atom. The lowest BCUT2D eigenvalue weighted by molar-refractivity contribution is 0.0944. The number of pyridine rings is 1. The first-order chi connectivity index (χ1) is 12.5. The molecule has 3 aromatic rings. The second-order valence-corrected chi connectivity index (χ2v) is 6.80. The fourth-order valence-electron chi connectivity index (χ4n) is 2.01. The summed E-state index contributed by atoms with van der Waals surface area (Å²) in [7, 11) is 0. The van der Waals surface area contributed by atoms with Gasteiger partial charge in [0.05, 0.1) is 22.3 Å². The van der Waals surface area contributed by atoms with E-state index in [0.717, 1.165) is 17.0 Å². The quantitative estimate of drug-likeness (QED) is 0.669. The summed E-state index contributed by atoms with van der Waals surface area (Å²) in [4.78, 5) is 32.6. The van der Waals surface area contributed by atoms with E-state index in [1.165, 1.54) is 12.1 Å². The monoisotopic (exact) mass is 406 g/mol. The van der Waals surface area contributed by atoms with E-state index in [0.29, 0.717) is 22.3 Å². The Morgan fingerprint density at radius 3 is 2.65 bits per heavy atom. The lowest BCUT2D eigenvalue weighted by Crippen LogP contribution is -2.23. The summed E-state index contributed by atoms with van der Waals surface area (Å²) in [6.07, 6.45) is 1.65. The van der Waals surface area contributed by atoms with Gasteiger partial charge in [-0.2, -0.15) is 0 Å². The first-order valence-corrected chi connectivity index (χ1v) is 9.06. The molecule has 3 rings (SSSR count). The number of nitrogens with one attached hydrogen (secondary N) is 2. The molecule has 2 aromatic heterocycles. The zero-order valence-electron chi connectivity index (χ0n) is 13.2. The Bertz CT molecular complexity index is 947. The molecule has 0 aliphatic heterocycles. The van der Waals surface area contributed by atoms with Crippen LogP contribution in [0.3, 0.4) is 0 Å². The molecular formula is C17H12Cl2N4O2S. The molecule has 0 aliphatic rings. The molecule has 0 radical (unpaired) electrons. The minimum Gasteiger partial charge on any atom is -0.345 e. The number of hydrogen-bond donors (Lipinski definition) is 2. The Labute approximate surface area is 163 Å². The lowest BCUT2D eigenvalue weighted by Gasteiger charge is -2.03. The molecule has 0 fully saturated rings. The second kappa shape index (κ2) is 8.27. The van der Waals surface area contributed by atoms with Gasteiger partial charge in [0.25, 0.3) is 11.8 Å². The lowest BCUT2D eigenvalue weighted by atomic mass is 10.2. The van der Waals surface area contributed by atoms with Gasteiger partial charge in [0, 0.05) is 17.1 Å². The normalized spacial score (nSPS) is 10.4. The van der Waals surface area contributed by atoms with Gasteiger partial charge in [0.1, 0.15) is 5.69 Å². The van der Waals surface area contributed by atoms with E-state index in [4.69, 9.17) is 23.2 Å². The Kier molecular flexibility index (Phi) is 5.82. The van der Waals surface area contributed by atoms with Crippen molar-refractivity contribution in [1.82, 2.24) is 15.3 Å². The van der Waals surface area contributed by atoms with Gasteiger partial charge in [-0.25, -0.2) is 4.98 Å². The largest absolute Gasteiger partial charge is 0.345 e. The van der Waals surface area contributed by atoms with E-state index in [1.807, 2.05) is 12.1 Å².